The standard InChI is InChI=1S/C14H17ClN2O2/c1-19-10-9-17(8-2-7-16)14(18)13-5-3-12(11-15)4-6-13/h3-6H,2,8-11H2,1H3. The van der Waals surface area contributed by atoms with Crippen molar-refractivity contribution in [3.63, 3.8) is 0 Å². The molecule has 0 aliphatic heterocycles. The van der Waals surface area contributed by atoms with Gasteiger partial charge in [0, 0.05) is 31.6 Å². The maximum absolute atomic E-state index is 12.3. The van der Waals surface area contributed by atoms with Gasteiger partial charge in [-0.05, 0) is 17.7 Å². The highest BCUT2D eigenvalue weighted by atomic mass is 35.5. The van der Waals surface area contributed by atoms with Crippen LogP contribution in [0.2, 0.25) is 0 Å². The van der Waals surface area contributed by atoms with Gasteiger partial charge >= 0.3 is 0 Å². The lowest BCUT2D eigenvalue weighted by molar-refractivity contribution is 0.0700. The average Bonchev–Trinajstić information content (AvgIpc) is 2.47. The molecule has 19 heavy (non-hydrogen) atoms. The van der Waals surface area contributed by atoms with Crippen molar-refractivity contribution in [2.24, 2.45) is 0 Å². The number of benzene rings is 1. The molecule has 0 saturated heterocycles. The van der Waals surface area contributed by atoms with E-state index in [0.29, 0.717) is 37.6 Å². The summed E-state index contributed by atoms with van der Waals surface area (Å²) in [5.74, 6) is 0.337. The smallest absolute Gasteiger partial charge is 0.253 e. The molecule has 0 atom stereocenters. The minimum absolute atomic E-state index is 0.0894. The molecule has 0 bridgehead atoms. The van der Waals surface area contributed by atoms with Gasteiger partial charge in [-0.15, -0.1) is 11.6 Å². The van der Waals surface area contributed by atoms with Gasteiger partial charge in [-0.3, -0.25) is 4.79 Å². The van der Waals surface area contributed by atoms with E-state index in [2.05, 4.69) is 0 Å². The van der Waals surface area contributed by atoms with Crippen LogP contribution in [0.4, 0.5) is 0 Å². The van der Waals surface area contributed by atoms with E-state index >= 15 is 0 Å². The van der Waals surface area contributed by atoms with Gasteiger partial charge in [-0.25, -0.2) is 0 Å². The first-order valence-corrected chi connectivity index (χ1v) is 6.56. The number of carbonyl (C=O) groups is 1. The van der Waals surface area contributed by atoms with Gasteiger partial charge in [-0.1, -0.05) is 12.1 Å². The van der Waals surface area contributed by atoms with Crippen molar-refractivity contribution in [2.45, 2.75) is 12.3 Å². The normalized spacial score (nSPS) is 9.95. The number of methoxy groups -OCH3 is 1. The van der Waals surface area contributed by atoms with Crippen LogP contribution in [-0.2, 0) is 10.6 Å². The number of hydrogen-bond donors (Lipinski definition) is 0. The van der Waals surface area contributed by atoms with Crippen molar-refractivity contribution in [3.05, 3.63) is 35.4 Å². The molecule has 5 heteroatoms. The molecule has 0 fully saturated rings. The summed E-state index contributed by atoms with van der Waals surface area (Å²) in [6, 6.07) is 9.22. The fraction of sp³-hybridized carbons (Fsp3) is 0.429. The van der Waals surface area contributed by atoms with Crippen LogP contribution in [0, 0.1) is 11.3 Å². The summed E-state index contributed by atoms with van der Waals surface area (Å²) in [5, 5.41) is 8.63. The minimum Gasteiger partial charge on any atom is -0.383 e. The monoisotopic (exact) mass is 280 g/mol. The van der Waals surface area contributed by atoms with Crippen LogP contribution in [0.15, 0.2) is 24.3 Å². The van der Waals surface area contributed by atoms with Gasteiger partial charge in [0.15, 0.2) is 0 Å². The third kappa shape index (κ3) is 4.90. The Kier molecular flexibility index (Phi) is 6.94. The summed E-state index contributed by atoms with van der Waals surface area (Å²) in [4.78, 5) is 13.9. The summed E-state index contributed by atoms with van der Waals surface area (Å²) in [5.41, 5.74) is 1.57. The highest BCUT2D eigenvalue weighted by Gasteiger charge is 2.14. The van der Waals surface area contributed by atoms with E-state index in [9.17, 15) is 4.79 Å². The highest BCUT2D eigenvalue weighted by Crippen LogP contribution is 2.10. The second-order valence-corrected chi connectivity index (χ2v) is 4.29. The van der Waals surface area contributed by atoms with E-state index in [-0.39, 0.29) is 5.91 Å². The molecule has 0 heterocycles. The summed E-state index contributed by atoms with van der Waals surface area (Å²) < 4.78 is 4.98. The molecule has 0 N–H and O–H groups in total. The number of carbonyl (C=O) groups excluding carboxylic acids is 1. The van der Waals surface area contributed by atoms with E-state index in [1.807, 2.05) is 18.2 Å². The predicted octanol–water partition coefficient (Wildman–Crippen LogP) is 2.43. The Morgan fingerprint density at radius 1 is 1.37 bits per heavy atom. The van der Waals surface area contributed by atoms with Gasteiger partial charge in [0.25, 0.3) is 5.91 Å². The Balaban J connectivity index is 2.75. The number of halogens is 1. The van der Waals surface area contributed by atoms with E-state index in [1.165, 1.54) is 0 Å². The second-order valence-electron chi connectivity index (χ2n) is 4.02. The third-order valence-corrected chi connectivity index (χ3v) is 3.01. The zero-order chi connectivity index (χ0) is 14.1. The lowest BCUT2D eigenvalue weighted by atomic mass is 10.1. The van der Waals surface area contributed by atoms with Crippen LogP contribution in [0.3, 0.4) is 0 Å². The highest BCUT2D eigenvalue weighted by molar-refractivity contribution is 6.17. The van der Waals surface area contributed by atoms with E-state index in [4.69, 9.17) is 21.6 Å². The first-order chi connectivity index (χ1) is 9.22. The molecule has 1 rings (SSSR count). The number of ether oxygens (including phenoxy) is 1. The molecule has 1 amide bonds. The number of amides is 1. The van der Waals surface area contributed by atoms with Crippen molar-refractivity contribution < 1.29 is 9.53 Å². The van der Waals surface area contributed by atoms with Gasteiger partial charge in [0.1, 0.15) is 0 Å². The van der Waals surface area contributed by atoms with E-state index in [1.54, 1.807) is 24.1 Å². The third-order valence-electron chi connectivity index (χ3n) is 2.70. The number of nitriles is 1. The SMILES string of the molecule is COCCN(CCC#N)C(=O)c1ccc(CCl)cc1. The van der Waals surface area contributed by atoms with Crippen molar-refractivity contribution in [2.75, 3.05) is 26.8 Å². The first kappa shape index (κ1) is 15.5. The molecule has 0 unspecified atom stereocenters. The van der Waals surface area contributed by atoms with Gasteiger partial charge in [-0.2, -0.15) is 5.26 Å². The Bertz CT molecular complexity index is 440. The number of rotatable bonds is 7. The fourth-order valence-corrected chi connectivity index (χ4v) is 1.80. The molecule has 4 nitrogen and oxygen atoms in total. The molecular formula is C14H17ClN2O2. The van der Waals surface area contributed by atoms with Gasteiger partial charge < -0.3 is 9.64 Å². The van der Waals surface area contributed by atoms with Crippen molar-refractivity contribution in [1.29, 1.82) is 5.26 Å². The zero-order valence-electron chi connectivity index (χ0n) is 10.9. The molecule has 102 valence electrons. The van der Waals surface area contributed by atoms with Crippen LogP contribution < -0.4 is 0 Å². The van der Waals surface area contributed by atoms with Crippen LogP contribution in [-0.4, -0.2) is 37.6 Å². The van der Waals surface area contributed by atoms with Crippen LogP contribution in [0.1, 0.15) is 22.3 Å². The fourth-order valence-electron chi connectivity index (χ4n) is 1.62. The molecule has 0 aliphatic rings. The second kappa shape index (κ2) is 8.52. The van der Waals surface area contributed by atoms with Crippen LogP contribution in [0.25, 0.3) is 0 Å². The maximum Gasteiger partial charge on any atom is 0.253 e. The molecule has 1 aromatic carbocycles. The van der Waals surface area contributed by atoms with E-state index < -0.39 is 0 Å². The van der Waals surface area contributed by atoms with Crippen molar-refractivity contribution in [1.82, 2.24) is 4.90 Å². The summed E-state index contributed by atoms with van der Waals surface area (Å²) in [6.45, 7) is 1.35. The van der Waals surface area contributed by atoms with Gasteiger partial charge in [0.05, 0.1) is 19.1 Å². The number of nitrogens with zero attached hydrogens (tertiary/aromatic N) is 2. The van der Waals surface area contributed by atoms with E-state index in [0.717, 1.165) is 5.56 Å². The molecule has 0 aliphatic carbocycles. The Hall–Kier alpha value is -1.57. The van der Waals surface area contributed by atoms with Crippen molar-refractivity contribution >= 4 is 17.5 Å². The van der Waals surface area contributed by atoms with Crippen LogP contribution in [0.5, 0.6) is 0 Å². The quantitative estimate of drug-likeness (QED) is 0.721. The van der Waals surface area contributed by atoms with Crippen molar-refractivity contribution in [3.8, 4) is 6.07 Å². The number of alkyl halides is 1. The largest absolute Gasteiger partial charge is 0.383 e. The minimum atomic E-state index is -0.0894. The summed E-state index contributed by atoms with van der Waals surface area (Å²) in [6.07, 6.45) is 0.315. The lowest BCUT2D eigenvalue weighted by Gasteiger charge is -2.21. The molecular weight excluding hydrogens is 264 g/mol. The Labute approximate surface area is 118 Å². The lowest BCUT2D eigenvalue weighted by Crippen LogP contribution is -2.34. The molecule has 0 radical (unpaired) electrons. The predicted molar refractivity (Wildman–Crippen MR) is 74.0 cm³/mol. The first-order valence-electron chi connectivity index (χ1n) is 6.03. The molecule has 0 spiro atoms. The number of hydrogen-bond acceptors (Lipinski definition) is 3. The average molecular weight is 281 g/mol. The molecule has 0 aromatic heterocycles. The maximum atomic E-state index is 12.3. The zero-order valence-corrected chi connectivity index (χ0v) is 11.7. The van der Waals surface area contributed by atoms with Gasteiger partial charge in [0.2, 0.25) is 0 Å². The molecule has 1 aromatic rings. The van der Waals surface area contributed by atoms with Crippen LogP contribution >= 0.6 is 11.6 Å². The molecule has 0 saturated carbocycles. The Morgan fingerprint density at radius 2 is 2.05 bits per heavy atom. The topological polar surface area (TPSA) is 53.3 Å². The summed E-state index contributed by atoms with van der Waals surface area (Å²) in [7, 11) is 1.59. The Morgan fingerprint density at radius 3 is 2.58 bits per heavy atom. The summed E-state index contributed by atoms with van der Waals surface area (Å²) >= 11 is 5.71.